The maximum atomic E-state index is 4.77. The van der Waals surface area contributed by atoms with Crippen LogP contribution < -0.4 is 0 Å². The topological polar surface area (TPSA) is 30.7 Å². The average Bonchev–Trinajstić information content (AvgIpc) is 3.09. The van der Waals surface area contributed by atoms with Gasteiger partial charge in [-0.1, -0.05) is 66.7 Å². The fraction of sp³-hybridized carbons (Fsp3) is 0. The van der Waals surface area contributed by atoms with Crippen molar-refractivity contribution in [2.24, 2.45) is 0 Å². The molecule has 0 aliphatic rings. The number of hydrogen-bond acceptors (Lipinski definition) is 2. The van der Waals surface area contributed by atoms with E-state index in [0.29, 0.717) is 0 Å². The molecule has 0 aliphatic carbocycles. The van der Waals surface area contributed by atoms with E-state index in [1.165, 1.54) is 10.8 Å². The minimum absolute atomic E-state index is 0.947. The minimum atomic E-state index is 0.947. The van der Waals surface area contributed by atoms with Crippen LogP contribution in [0.2, 0.25) is 0 Å². The van der Waals surface area contributed by atoms with Crippen LogP contribution in [0.1, 0.15) is 0 Å². The normalized spacial score (nSPS) is 11.5. The van der Waals surface area contributed by atoms with Gasteiger partial charge in [-0.05, 0) is 22.9 Å². The van der Waals surface area contributed by atoms with Crippen LogP contribution >= 0.6 is 0 Å². The van der Waals surface area contributed by atoms with Crippen molar-refractivity contribution in [1.29, 1.82) is 0 Å². The molecule has 108 valence electrons. The van der Waals surface area contributed by atoms with Crippen molar-refractivity contribution in [3.8, 4) is 5.69 Å². The van der Waals surface area contributed by atoms with E-state index in [4.69, 9.17) is 10.2 Å². The molecule has 1 aromatic heterocycles. The van der Waals surface area contributed by atoms with E-state index < -0.39 is 0 Å². The number of para-hydroxylation sites is 1. The average molecular weight is 295 g/mol. The number of fused-ring (bicyclic) bond motifs is 6. The molecule has 0 saturated heterocycles. The smallest absolute Gasteiger partial charge is 0.122 e. The minimum Gasteiger partial charge on any atom is -0.150 e. The highest BCUT2D eigenvalue weighted by Crippen LogP contribution is 2.33. The summed E-state index contributed by atoms with van der Waals surface area (Å²) in [4.78, 5) is 1.73. The van der Waals surface area contributed by atoms with Crippen molar-refractivity contribution < 1.29 is 0 Å². The van der Waals surface area contributed by atoms with Gasteiger partial charge in [0.25, 0.3) is 0 Å². The zero-order valence-electron chi connectivity index (χ0n) is 12.3. The van der Waals surface area contributed by atoms with E-state index in [9.17, 15) is 0 Å². The molecule has 5 rings (SSSR count). The maximum Gasteiger partial charge on any atom is 0.122 e. The number of benzene rings is 4. The van der Waals surface area contributed by atoms with Crippen LogP contribution in [0, 0.1) is 0 Å². The Kier molecular flexibility index (Phi) is 2.50. The van der Waals surface area contributed by atoms with Crippen molar-refractivity contribution in [3.05, 3.63) is 78.9 Å². The van der Waals surface area contributed by atoms with Crippen LogP contribution in [-0.4, -0.2) is 15.0 Å². The number of aromatic nitrogens is 3. The van der Waals surface area contributed by atoms with Crippen LogP contribution in [0.25, 0.3) is 38.3 Å². The lowest BCUT2D eigenvalue weighted by Gasteiger charge is -2.04. The second-order valence-electron chi connectivity index (χ2n) is 5.61. The Hall–Kier alpha value is -3.20. The summed E-state index contributed by atoms with van der Waals surface area (Å²) in [5.41, 5.74) is 2.86. The summed E-state index contributed by atoms with van der Waals surface area (Å²) in [7, 11) is 0. The standard InChI is InChI=1S/C20H13N3/c1-2-8-14(9-3-1)23-21-19-17-12-6-4-10-15(17)16-11-5-7-13-18(16)20(19)22-23/h1-13H. The molecule has 0 atom stereocenters. The Balaban J connectivity index is 1.99. The molecule has 0 radical (unpaired) electrons. The zero-order valence-corrected chi connectivity index (χ0v) is 12.3. The van der Waals surface area contributed by atoms with E-state index in [2.05, 4.69) is 48.5 Å². The first-order valence-electron chi connectivity index (χ1n) is 7.64. The molecule has 3 nitrogen and oxygen atoms in total. The molecule has 0 amide bonds. The lowest BCUT2D eigenvalue weighted by atomic mass is 10.0. The van der Waals surface area contributed by atoms with Crippen LogP contribution in [0.3, 0.4) is 0 Å². The van der Waals surface area contributed by atoms with Gasteiger partial charge in [-0.3, -0.25) is 0 Å². The molecule has 3 heteroatoms. The summed E-state index contributed by atoms with van der Waals surface area (Å²) in [6.45, 7) is 0. The fourth-order valence-corrected chi connectivity index (χ4v) is 3.20. The van der Waals surface area contributed by atoms with Gasteiger partial charge in [-0.25, -0.2) is 0 Å². The molecule has 0 fully saturated rings. The van der Waals surface area contributed by atoms with Gasteiger partial charge in [0.05, 0.1) is 5.69 Å². The number of nitrogens with zero attached hydrogens (tertiary/aromatic N) is 3. The molecule has 23 heavy (non-hydrogen) atoms. The van der Waals surface area contributed by atoms with Gasteiger partial charge in [0.2, 0.25) is 0 Å². The van der Waals surface area contributed by atoms with Crippen LogP contribution in [0.4, 0.5) is 0 Å². The quantitative estimate of drug-likeness (QED) is 0.419. The van der Waals surface area contributed by atoms with Crippen molar-refractivity contribution in [3.63, 3.8) is 0 Å². The number of rotatable bonds is 1. The molecule has 1 heterocycles. The van der Waals surface area contributed by atoms with Gasteiger partial charge in [-0.15, -0.1) is 10.2 Å². The largest absolute Gasteiger partial charge is 0.150 e. The maximum absolute atomic E-state index is 4.77. The van der Waals surface area contributed by atoms with Gasteiger partial charge in [0.1, 0.15) is 11.0 Å². The van der Waals surface area contributed by atoms with Gasteiger partial charge in [0, 0.05) is 10.8 Å². The lowest BCUT2D eigenvalue weighted by molar-refractivity contribution is 0.767. The van der Waals surface area contributed by atoms with E-state index in [0.717, 1.165) is 27.5 Å². The highest BCUT2D eigenvalue weighted by Gasteiger charge is 2.13. The summed E-state index contributed by atoms with van der Waals surface area (Å²) in [5.74, 6) is 0. The first kappa shape index (κ1) is 12.4. The molecule has 0 aliphatic heterocycles. The Morgan fingerprint density at radius 1 is 0.478 bits per heavy atom. The molecule has 5 aromatic rings. The Labute approximate surface area is 132 Å². The second-order valence-corrected chi connectivity index (χ2v) is 5.61. The van der Waals surface area contributed by atoms with E-state index in [1.54, 1.807) is 4.80 Å². The van der Waals surface area contributed by atoms with E-state index >= 15 is 0 Å². The Bertz CT molecular complexity index is 1080. The zero-order chi connectivity index (χ0) is 15.2. The van der Waals surface area contributed by atoms with Crippen molar-refractivity contribution >= 4 is 32.6 Å². The van der Waals surface area contributed by atoms with Crippen molar-refractivity contribution in [2.45, 2.75) is 0 Å². The Morgan fingerprint density at radius 3 is 1.43 bits per heavy atom. The van der Waals surface area contributed by atoms with Gasteiger partial charge >= 0.3 is 0 Å². The lowest BCUT2D eigenvalue weighted by Crippen LogP contribution is -1.97. The van der Waals surface area contributed by atoms with Gasteiger partial charge in [0.15, 0.2) is 0 Å². The third-order valence-electron chi connectivity index (χ3n) is 4.26. The molecule has 0 N–H and O–H groups in total. The van der Waals surface area contributed by atoms with E-state index in [-0.39, 0.29) is 0 Å². The summed E-state index contributed by atoms with van der Waals surface area (Å²) in [5, 5.41) is 14.3. The molecule has 0 unspecified atom stereocenters. The van der Waals surface area contributed by atoms with Crippen LogP contribution in [0.5, 0.6) is 0 Å². The summed E-state index contributed by atoms with van der Waals surface area (Å²) in [6, 6.07) is 26.8. The highest BCUT2D eigenvalue weighted by atomic mass is 15.5. The third-order valence-corrected chi connectivity index (χ3v) is 4.26. The predicted molar refractivity (Wildman–Crippen MR) is 93.9 cm³/mol. The summed E-state index contributed by atoms with van der Waals surface area (Å²) < 4.78 is 0. The monoisotopic (exact) mass is 295 g/mol. The van der Waals surface area contributed by atoms with Crippen molar-refractivity contribution in [1.82, 2.24) is 15.0 Å². The third kappa shape index (κ3) is 1.77. The first-order valence-corrected chi connectivity index (χ1v) is 7.64. The van der Waals surface area contributed by atoms with Gasteiger partial charge in [-0.2, -0.15) is 4.80 Å². The fourth-order valence-electron chi connectivity index (χ4n) is 3.20. The van der Waals surface area contributed by atoms with Crippen LogP contribution in [-0.2, 0) is 0 Å². The molecule has 0 spiro atoms. The number of hydrogen-bond donors (Lipinski definition) is 0. The first-order chi connectivity index (χ1) is 11.4. The summed E-state index contributed by atoms with van der Waals surface area (Å²) >= 11 is 0. The van der Waals surface area contributed by atoms with Crippen molar-refractivity contribution in [2.75, 3.05) is 0 Å². The molecular weight excluding hydrogens is 282 g/mol. The molecule has 0 bridgehead atoms. The van der Waals surface area contributed by atoms with Crippen LogP contribution in [0.15, 0.2) is 78.9 Å². The van der Waals surface area contributed by atoms with E-state index in [1.807, 2.05) is 30.3 Å². The SMILES string of the molecule is c1ccc(-n2nc3c4ccccc4c4ccccc4c3n2)cc1. The molecule has 4 aromatic carbocycles. The van der Waals surface area contributed by atoms with Gasteiger partial charge < -0.3 is 0 Å². The second kappa shape index (κ2) is 4.65. The molecule has 0 saturated carbocycles. The highest BCUT2D eigenvalue weighted by molar-refractivity contribution is 6.22. The Morgan fingerprint density at radius 2 is 0.913 bits per heavy atom. The molecular formula is C20H13N3. The predicted octanol–water partition coefficient (Wildman–Crippen LogP) is 4.73. The summed E-state index contributed by atoms with van der Waals surface area (Å²) in [6.07, 6.45) is 0.